The lowest BCUT2D eigenvalue weighted by atomic mass is 10.1. The Morgan fingerprint density at radius 1 is 0.929 bits per heavy atom. The molecule has 0 aliphatic carbocycles. The first-order valence-electron chi connectivity index (χ1n) is 9.60. The molecular weight excluding hydrogens is 354 g/mol. The number of nitrogens with one attached hydrogen (secondary N) is 1. The molecule has 0 atom stereocenters. The van der Waals surface area contributed by atoms with Crippen LogP contribution in [0.15, 0.2) is 42.5 Å². The van der Waals surface area contributed by atoms with E-state index in [2.05, 4.69) is 41.4 Å². The van der Waals surface area contributed by atoms with Crippen LogP contribution in [0.2, 0.25) is 0 Å². The molecule has 1 fully saturated rings. The molecule has 1 aliphatic rings. The Morgan fingerprint density at radius 2 is 1.57 bits per heavy atom. The number of nitrogens with zero attached hydrogens (tertiary/aromatic N) is 2. The Bertz CT molecular complexity index is 784. The summed E-state index contributed by atoms with van der Waals surface area (Å²) in [4.78, 5) is 16.8. The topological polar surface area (TPSA) is 54.0 Å². The summed E-state index contributed by atoms with van der Waals surface area (Å²) in [6.07, 6.45) is 0. The second-order valence-electron chi connectivity index (χ2n) is 7.10. The van der Waals surface area contributed by atoms with Crippen molar-refractivity contribution in [2.75, 3.05) is 40.4 Å². The zero-order valence-electron chi connectivity index (χ0n) is 16.9. The average Bonchev–Trinajstić information content (AvgIpc) is 2.74. The van der Waals surface area contributed by atoms with E-state index in [-0.39, 0.29) is 6.03 Å². The molecule has 6 heteroatoms. The van der Waals surface area contributed by atoms with Crippen molar-refractivity contribution in [3.05, 3.63) is 59.2 Å². The van der Waals surface area contributed by atoms with Gasteiger partial charge in [-0.05, 0) is 30.2 Å². The lowest BCUT2D eigenvalue weighted by Crippen LogP contribution is -2.51. The third kappa shape index (κ3) is 5.16. The lowest BCUT2D eigenvalue weighted by molar-refractivity contribution is 0.135. The van der Waals surface area contributed by atoms with E-state index in [1.807, 2.05) is 23.1 Å². The number of methoxy groups -OCH3 is 2. The van der Waals surface area contributed by atoms with E-state index >= 15 is 0 Å². The van der Waals surface area contributed by atoms with Gasteiger partial charge in [0, 0.05) is 39.3 Å². The minimum atomic E-state index is -0.0234. The van der Waals surface area contributed by atoms with Crippen molar-refractivity contribution in [3.8, 4) is 11.5 Å². The fourth-order valence-electron chi connectivity index (χ4n) is 3.34. The summed E-state index contributed by atoms with van der Waals surface area (Å²) >= 11 is 0. The highest BCUT2D eigenvalue weighted by molar-refractivity contribution is 5.74. The number of rotatable bonds is 6. The van der Waals surface area contributed by atoms with Crippen molar-refractivity contribution in [1.29, 1.82) is 0 Å². The summed E-state index contributed by atoms with van der Waals surface area (Å²) in [5, 5.41) is 3.00. The van der Waals surface area contributed by atoms with Crippen LogP contribution in [-0.2, 0) is 13.1 Å². The van der Waals surface area contributed by atoms with Gasteiger partial charge in [0.15, 0.2) is 11.5 Å². The van der Waals surface area contributed by atoms with E-state index in [1.54, 1.807) is 14.2 Å². The molecule has 2 aromatic rings. The van der Waals surface area contributed by atoms with Gasteiger partial charge in [-0.1, -0.05) is 35.9 Å². The normalized spacial score (nSPS) is 14.6. The molecule has 28 heavy (non-hydrogen) atoms. The lowest BCUT2D eigenvalue weighted by Gasteiger charge is -2.34. The average molecular weight is 383 g/mol. The highest BCUT2D eigenvalue weighted by Crippen LogP contribution is 2.27. The van der Waals surface area contributed by atoms with Crippen LogP contribution >= 0.6 is 0 Å². The molecule has 0 radical (unpaired) electrons. The van der Waals surface area contributed by atoms with E-state index < -0.39 is 0 Å². The standard InChI is InChI=1S/C22H29N3O3/c1-17-4-6-18(7-5-17)16-24-10-12-25(13-11-24)22(26)23-15-19-8-9-20(27-2)21(14-19)28-3/h4-9,14H,10-13,15-16H2,1-3H3,(H,23,26). The highest BCUT2D eigenvalue weighted by Gasteiger charge is 2.21. The van der Waals surface area contributed by atoms with Crippen LogP contribution in [-0.4, -0.2) is 56.2 Å². The van der Waals surface area contributed by atoms with Gasteiger partial charge in [-0.2, -0.15) is 0 Å². The van der Waals surface area contributed by atoms with E-state index in [4.69, 9.17) is 9.47 Å². The predicted octanol–water partition coefficient (Wildman–Crippen LogP) is 3.04. The van der Waals surface area contributed by atoms with Gasteiger partial charge < -0.3 is 19.7 Å². The van der Waals surface area contributed by atoms with Crippen molar-refractivity contribution in [2.45, 2.75) is 20.0 Å². The zero-order chi connectivity index (χ0) is 19.9. The third-order valence-electron chi connectivity index (χ3n) is 5.08. The van der Waals surface area contributed by atoms with E-state index in [1.165, 1.54) is 11.1 Å². The van der Waals surface area contributed by atoms with Gasteiger partial charge in [-0.15, -0.1) is 0 Å². The van der Waals surface area contributed by atoms with Gasteiger partial charge in [-0.3, -0.25) is 4.90 Å². The van der Waals surface area contributed by atoms with E-state index in [0.29, 0.717) is 18.0 Å². The summed E-state index contributed by atoms with van der Waals surface area (Å²) in [7, 11) is 3.22. The molecule has 1 aliphatic heterocycles. The molecule has 0 saturated carbocycles. The maximum Gasteiger partial charge on any atom is 0.317 e. The van der Waals surface area contributed by atoms with Gasteiger partial charge in [0.05, 0.1) is 14.2 Å². The summed E-state index contributed by atoms with van der Waals surface area (Å²) in [6, 6.07) is 14.3. The largest absolute Gasteiger partial charge is 0.493 e. The quantitative estimate of drug-likeness (QED) is 0.833. The van der Waals surface area contributed by atoms with Crippen LogP contribution in [0.4, 0.5) is 4.79 Å². The van der Waals surface area contributed by atoms with E-state index in [9.17, 15) is 4.79 Å². The van der Waals surface area contributed by atoms with Crippen LogP contribution in [0.3, 0.4) is 0 Å². The molecule has 150 valence electrons. The van der Waals surface area contributed by atoms with Gasteiger partial charge in [0.25, 0.3) is 0 Å². The number of piperazine rings is 1. The minimum absolute atomic E-state index is 0.0234. The maximum atomic E-state index is 12.5. The van der Waals surface area contributed by atoms with Crippen molar-refractivity contribution < 1.29 is 14.3 Å². The molecule has 2 amide bonds. The molecule has 0 bridgehead atoms. The Labute approximate surface area is 167 Å². The number of carbonyl (C=O) groups is 1. The molecule has 1 N–H and O–H groups in total. The molecule has 1 heterocycles. The SMILES string of the molecule is COc1ccc(CNC(=O)N2CCN(Cc3ccc(C)cc3)CC2)cc1OC. The first kappa shape index (κ1) is 20.0. The number of urea groups is 1. The first-order valence-corrected chi connectivity index (χ1v) is 9.60. The number of aryl methyl sites for hydroxylation is 1. The fraction of sp³-hybridized carbons (Fsp3) is 0.409. The minimum Gasteiger partial charge on any atom is -0.493 e. The molecule has 2 aromatic carbocycles. The Morgan fingerprint density at radius 3 is 2.21 bits per heavy atom. The highest BCUT2D eigenvalue weighted by atomic mass is 16.5. The first-order chi connectivity index (χ1) is 13.6. The van der Waals surface area contributed by atoms with Gasteiger partial charge in [0.1, 0.15) is 0 Å². The summed E-state index contributed by atoms with van der Waals surface area (Å²) < 4.78 is 10.6. The Kier molecular flexibility index (Phi) is 6.76. The molecular formula is C22H29N3O3. The summed E-state index contributed by atoms with van der Waals surface area (Å²) in [5.41, 5.74) is 3.57. The fourth-order valence-corrected chi connectivity index (χ4v) is 3.34. The molecule has 0 unspecified atom stereocenters. The van der Waals surface area contributed by atoms with Gasteiger partial charge >= 0.3 is 6.03 Å². The molecule has 6 nitrogen and oxygen atoms in total. The number of hydrogen-bond acceptors (Lipinski definition) is 4. The number of hydrogen-bond donors (Lipinski definition) is 1. The second-order valence-corrected chi connectivity index (χ2v) is 7.10. The van der Waals surface area contributed by atoms with Crippen molar-refractivity contribution >= 4 is 6.03 Å². The Hall–Kier alpha value is -2.73. The second kappa shape index (κ2) is 9.46. The molecule has 1 saturated heterocycles. The molecule has 0 aromatic heterocycles. The van der Waals surface area contributed by atoms with Crippen LogP contribution in [0, 0.1) is 6.92 Å². The van der Waals surface area contributed by atoms with Gasteiger partial charge in [0.2, 0.25) is 0 Å². The Balaban J connectivity index is 1.45. The van der Waals surface area contributed by atoms with Crippen LogP contribution in [0.25, 0.3) is 0 Å². The third-order valence-corrected chi connectivity index (χ3v) is 5.08. The van der Waals surface area contributed by atoms with Crippen LogP contribution < -0.4 is 14.8 Å². The monoisotopic (exact) mass is 383 g/mol. The van der Waals surface area contributed by atoms with Crippen molar-refractivity contribution in [3.63, 3.8) is 0 Å². The molecule has 3 rings (SSSR count). The number of amides is 2. The van der Waals surface area contributed by atoms with Gasteiger partial charge in [-0.25, -0.2) is 4.79 Å². The van der Waals surface area contributed by atoms with Crippen LogP contribution in [0.1, 0.15) is 16.7 Å². The van der Waals surface area contributed by atoms with E-state index in [0.717, 1.165) is 38.3 Å². The zero-order valence-corrected chi connectivity index (χ0v) is 16.9. The number of benzene rings is 2. The summed E-state index contributed by atoms with van der Waals surface area (Å²) in [6.45, 7) is 6.75. The van der Waals surface area contributed by atoms with Crippen molar-refractivity contribution in [2.24, 2.45) is 0 Å². The summed E-state index contributed by atoms with van der Waals surface area (Å²) in [5.74, 6) is 1.35. The van der Waals surface area contributed by atoms with Crippen LogP contribution in [0.5, 0.6) is 11.5 Å². The smallest absolute Gasteiger partial charge is 0.317 e. The maximum absolute atomic E-state index is 12.5. The number of ether oxygens (including phenoxy) is 2. The predicted molar refractivity (Wildman–Crippen MR) is 110 cm³/mol. The number of carbonyl (C=O) groups excluding carboxylic acids is 1. The molecule has 0 spiro atoms. The van der Waals surface area contributed by atoms with Crippen molar-refractivity contribution in [1.82, 2.24) is 15.1 Å².